The van der Waals surface area contributed by atoms with Crippen molar-refractivity contribution in [3.05, 3.63) is 39.7 Å². The minimum Gasteiger partial charge on any atom is -0.423 e. The van der Waals surface area contributed by atoms with E-state index in [2.05, 4.69) is 12.2 Å². The first-order chi connectivity index (χ1) is 10.9. The lowest BCUT2D eigenvalue weighted by Crippen LogP contribution is -2.12. The average molecular weight is 325 g/mol. The summed E-state index contributed by atoms with van der Waals surface area (Å²) in [5.74, 6) is 0.504. The lowest BCUT2D eigenvalue weighted by molar-refractivity contribution is -0.136. The fourth-order valence-electron chi connectivity index (χ4n) is 3.23. The first-order valence-electron chi connectivity index (χ1n) is 7.80. The molecule has 0 saturated heterocycles. The number of benzene rings is 1. The number of nitrogens with one attached hydrogen (secondary N) is 1. The standard InChI is InChI=1S/C17H18F3NO2/c1-2-3-10-4-5-11-6-12-13(17(18,19)20)7-16(22)23-15(12)8-14(11)21-9-10/h6-8,10,21H,2-5,9H2,1H3. The van der Waals surface area contributed by atoms with E-state index in [0.717, 1.165) is 43.5 Å². The second-order valence-electron chi connectivity index (χ2n) is 6.06. The molecule has 1 N–H and O–H groups in total. The number of aryl methyl sites for hydroxylation is 1. The molecular weight excluding hydrogens is 307 g/mol. The van der Waals surface area contributed by atoms with Gasteiger partial charge in [0.25, 0.3) is 0 Å². The molecule has 0 aliphatic carbocycles. The molecule has 3 nitrogen and oxygen atoms in total. The Morgan fingerprint density at radius 1 is 1.30 bits per heavy atom. The van der Waals surface area contributed by atoms with Gasteiger partial charge in [-0.3, -0.25) is 0 Å². The maximum Gasteiger partial charge on any atom is 0.417 e. The summed E-state index contributed by atoms with van der Waals surface area (Å²) in [5, 5.41) is 3.24. The first-order valence-corrected chi connectivity index (χ1v) is 7.80. The molecule has 6 heteroatoms. The lowest BCUT2D eigenvalue weighted by Gasteiger charge is -2.13. The van der Waals surface area contributed by atoms with Crippen LogP contribution in [0.5, 0.6) is 0 Å². The summed E-state index contributed by atoms with van der Waals surface area (Å²) in [5.41, 5.74) is -0.331. The van der Waals surface area contributed by atoms with Gasteiger partial charge in [-0.2, -0.15) is 13.2 Å². The molecular formula is C17H18F3NO2. The lowest BCUT2D eigenvalue weighted by atomic mass is 9.96. The predicted molar refractivity (Wildman–Crippen MR) is 82.7 cm³/mol. The predicted octanol–water partition coefficient (Wildman–Crippen LogP) is 4.59. The van der Waals surface area contributed by atoms with Crippen LogP contribution in [0.3, 0.4) is 0 Å². The Balaban J connectivity index is 2.10. The van der Waals surface area contributed by atoms with Crippen LogP contribution in [0, 0.1) is 5.92 Å². The van der Waals surface area contributed by atoms with Crippen LogP contribution in [-0.2, 0) is 12.6 Å². The van der Waals surface area contributed by atoms with Crippen LogP contribution >= 0.6 is 0 Å². The van der Waals surface area contributed by atoms with E-state index in [4.69, 9.17) is 4.42 Å². The summed E-state index contributed by atoms with van der Waals surface area (Å²) in [6.45, 7) is 2.91. The highest BCUT2D eigenvalue weighted by molar-refractivity contribution is 5.85. The van der Waals surface area contributed by atoms with Crippen molar-refractivity contribution in [2.24, 2.45) is 5.92 Å². The monoisotopic (exact) mass is 325 g/mol. The second-order valence-corrected chi connectivity index (χ2v) is 6.06. The fraction of sp³-hybridized carbons (Fsp3) is 0.471. The highest BCUT2D eigenvalue weighted by Crippen LogP contribution is 2.37. The maximum absolute atomic E-state index is 13.2. The molecule has 2 aromatic rings. The van der Waals surface area contributed by atoms with Crippen LogP contribution < -0.4 is 10.9 Å². The van der Waals surface area contributed by atoms with E-state index in [1.807, 2.05) is 0 Å². The van der Waals surface area contributed by atoms with Gasteiger partial charge in [-0.25, -0.2) is 4.79 Å². The zero-order valence-corrected chi connectivity index (χ0v) is 12.8. The zero-order chi connectivity index (χ0) is 16.6. The van der Waals surface area contributed by atoms with Gasteiger partial charge in [0, 0.05) is 29.8 Å². The third-order valence-corrected chi connectivity index (χ3v) is 4.37. The van der Waals surface area contributed by atoms with Crippen molar-refractivity contribution in [1.29, 1.82) is 0 Å². The number of hydrogen-bond donors (Lipinski definition) is 1. The molecule has 1 atom stereocenters. The van der Waals surface area contributed by atoms with E-state index in [-0.39, 0.29) is 11.0 Å². The van der Waals surface area contributed by atoms with Crippen molar-refractivity contribution >= 4 is 16.7 Å². The SMILES string of the molecule is CCCC1CCc2cc3c(C(F)(F)F)cc(=O)oc3cc2NC1. The molecule has 1 aliphatic rings. The molecule has 2 heterocycles. The highest BCUT2D eigenvalue weighted by atomic mass is 19.4. The van der Waals surface area contributed by atoms with Gasteiger partial charge in [0.2, 0.25) is 0 Å². The third-order valence-electron chi connectivity index (χ3n) is 4.37. The Morgan fingerprint density at radius 2 is 2.09 bits per heavy atom. The number of anilines is 1. The van der Waals surface area contributed by atoms with Gasteiger partial charge in [0.15, 0.2) is 0 Å². The first kappa shape index (κ1) is 15.9. The van der Waals surface area contributed by atoms with Crippen molar-refractivity contribution in [1.82, 2.24) is 0 Å². The molecule has 0 radical (unpaired) electrons. The topological polar surface area (TPSA) is 42.2 Å². The molecule has 1 unspecified atom stereocenters. The molecule has 0 spiro atoms. The van der Waals surface area contributed by atoms with Gasteiger partial charge < -0.3 is 9.73 Å². The van der Waals surface area contributed by atoms with Gasteiger partial charge >= 0.3 is 11.8 Å². The van der Waals surface area contributed by atoms with Crippen LogP contribution in [0.2, 0.25) is 0 Å². The summed E-state index contributed by atoms with van der Waals surface area (Å²) in [6.07, 6.45) is -0.747. The van der Waals surface area contributed by atoms with Crippen molar-refractivity contribution in [3.8, 4) is 0 Å². The van der Waals surface area contributed by atoms with E-state index >= 15 is 0 Å². The van der Waals surface area contributed by atoms with Crippen LogP contribution in [0.25, 0.3) is 11.0 Å². The fourth-order valence-corrected chi connectivity index (χ4v) is 3.23. The van der Waals surface area contributed by atoms with Crippen molar-refractivity contribution in [2.75, 3.05) is 11.9 Å². The van der Waals surface area contributed by atoms with Gasteiger partial charge in [-0.05, 0) is 36.8 Å². The Morgan fingerprint density at radius 3 is 2.78 bits per heavy atom. The highest BCUT2D eigenvalue weighted by Gasteiger charge is 2.34. The largest absolute Gasteiger partial charge is 0.423 e. The molecule has 3 rings (SSSR count). The van der Waals surface area contributed by atoms with E-state index in [9.17, 15) is 18.0 Å². The number of halogens is 3. The zero-order valence-electron chi connectivity index (χ0n) is 12.8. The van der Waals surface area contributed by atoms with Gasteiger partial charge in [0.05, 0.1) is 5.56 Å². The third kappa shape index (κ3) is 3.21. The number of rotatable bonds is 2. The number of hydrogen-bond acceptors (Lipinski definition) is 3. The Bertz CT molecular complexity index is 780. The molecule has 0 amide bonds. The Labute approximate surface area is 131 Å². The van der Waals surface area contributed by atoms with Gasteiger partial charge in [0.1, 0.15) is 5.58 Å². The average Bonchev–Trinajstić information content (AvgIpc) is 2.66. The number of alkyl halides is 3. The summed E-state index contributed by atoms with van der Waals surface area (Å²) < 4.78 is 44.5. The smallest absolute Gasteiger partial charge is 0.417 e. The van der Waals surface area contributed by atoms with E-state index in [0.29, 0.717) is 12.0 Å². The van der Waals surface area contributed by atoms with Crippen LogP contribution in [-0.4, -0.2) is 6.54 Å². The van der Waals surface area contributed by atoms with Gasteiger partial charge in [-0.1, -0.05) is 13.3 Å². The molecule has 0 bridgehead atoms. The van der Waals surface area contributed by atoms with Crippen LogP contribution in [0.4, 0.5) is 18.9 Å². The van der Waals surface area contributed by atoms with Crippen molar-refractivity contribution in [3.63, 3.8) is 0 Å². The summed E-state index contributed by atoms with van der Waals surface area (Å²) in [6, 6.07) is 3.56. The maximum atomic E-state index is 13.2. The van der Waals surface area contributed by atoms with Crippen LogP contribution in [0.1, 0.15) is 37.3 Å². The quantitative estimate of drug-likeness (QED) is 0.821. The molecule has 0 saturated carbocycles. The Kier molecular flexibility index (Phi) is 4.08. The Hall–Kier alpha value is -1.98. The molecule has 1 aromatic heterocycles. The second kappa shape index (κ2) is 5.91. The van der Waals surface area contributed by atoms with E-state index < -0.39 is 17.4 Å². The van der Waals surface area contributed by atoms with Crippen molar-refractivity contribution < 1.29 is 17.6 Å². The van der Waals surface area contributed by atoms with E-state index in [1.165, 1.54) is 12.1 Å². The summed E-state index contributed by atoms with van der Waals surface area (Å²) in [7, 11) is 0. The van der Waals surface area contributed by atoms with Crippen molar-refractivity contribution in [2.45, 2.75) is 38.8 Å². The summed E-state index contributed by atoms with van der Waals surface area (Å²) >= 11 is 0. The molecule has 0 fully saturated rings. The number of fused-ring (bicyclic) bond motifs is 2. The minimum atomic E-state index is -4.58. The minimum absolute atomic E-state index is 0.0231. The van der Waals surface area contributed by atoms with E-state index in [1.54, 1.807) is 0 Å². The molecule has 1 aromatic carbocycles. The van der Waals surface area contributed by atoms with Gasteiger partial charge in [-0.15, -0.1) is 0 Å². The normalized spacial score (nSPS) is 18.3. The molecule has 1 aliphatic heterocycles. The summed E-state index contributed by atoms with van der Waals surface area (Å²) in [4.78, 5) is 11.4. The molecule has 23 heavy (non-hydrogen) atoms. The molecule has 124 valence electrons. The van der Waals surface area contributed by atoms with Crippen LogP contribution in [0.15, 0.2) is 27.4 Å².